The summed E-state index contributed by atoms with van der Waals surface area (Å²) in [6, 6.07) is 5.50. The van der Waals surface area contributed by atoms with Crippen LogP contribution in [-0.2, 0) is 4.79 Å². The van der Waals surface area contributed by atoms with Crippen LogP contribution in [0.2, 0.25) is 0 Å². The Morgan fingerprint density at radius 3 is 2.50 bits per heavy atom. The molecule has 0 aliphatic heterocycles. The molecule has 1 aromatic rings. The molecule has 3 unspecified atom stereocenters. The molecule has 0 heterocycles. The average Bonchev–Trinajstić information content (AvgIpc) is 2.31. The van der Waals surface area contributed by atoms with Gasteiger partial charge in [0, 0.05) is 0 Å². The molecule has 0 radical (unpaired) electrons. The fourth-order valence-corrected chi connectivity index (χ4v) is 2.28. The van der Waals surface area contributed by atoms with E-state index in [1.54, 1.807) is 0 Å². The standard InChI is InChI=1S/C15H23NO2/c1-9-6-5-7-13(11(9)3)12(4)10(2)8-14(16)15(17)18/h5-7,10,12,14H,8,16H2,1-4H3,(H,17,18). The molecule has 0 fully saturated rings. The molecule has 0 bridgehead atoms. The Bertz CT molecular complexity index is 429. The van der Waals surface area contributed by atoms with Crippen molar-refractivity contribution in [2.75, 3.05) is 0 Å². The third kappa shape index (κ3) is 3.33. The lowest BCUT2D eigenvalue weighted by Crippen LogP contribution is -2.32. The molecule has 1 aromatic carbocycles. The minimum Gasteiger partial charge on any atom is -0.480 e. The van der Waals surface area contributed by atoms with Gasteiger partial charge in [-0.3, -0.25) is 4.79 Å². The van der Waals surface area contributed by atoms with Crippen LogP contribution in [0.5, 0.6) is 0 Å². The van der Waals surface area contributed by atoms with Crippen LogP contribution in [-0.4, -0.2) is 17.1 Å². The summed E-state index contributed by atoms with van der Waals surface area (Å²) in [5.74, 6) is -0.359. The maximum Gasteiger partial charge on any atom is 0.320 e. The number of rotatable bonds is 5. The minimum absolute atomic E-state index is 0.247. The second-order valence-corrected chi connectivity index (χ2v) is 5.24. The Labute approximate surface area is 109 Å². The molecule has 0 saturated heterocycles. The third-order valence-corrected chi connectivity index (χ3v) is 3.93. The quantitative estimate of drug-likeness (QED) is 0.843. The molecule has 18 heavy (non-hydrogen) atoms. The monoisotopic (exact) mass is 249 g/mol. The maximum atomic E-state index is 10.8. The highest BCUT2D eigenvalue weighted by atomic mass is 16.4. The molecule has 3 N–H and O–H groups in total. The molecular weight excluding hydrogens is 226 g/mol. The van der Waals surface area contributed by atoms with Crippen molar-refractivity contribution < 1.29 is 9.90 Å². The largest absolute Gasteiger partial charge is 0.480 e. The molecule has 3 heteroatoms. The van der Waals surface area contributed by atoms with Gasteiger partial charge in [-0.15, -0.1) is 0 Å². The van der Waals surface area contributed by atoms with E-state index in [2.05, 4.69) is 45.9 Å². The van der Waals surface area contributed by atoms with Crippen molar-refractivity contribution in [2.24, 2.45) is 11.7 Å². The number of carbonyl (C=O) groups is 1. The van der Waals surface area contributed by atoms with Gasteiger partial charge < -0.3 is 10.8 Å². The van der Waals surface area contributed by atoms with Crippen LogP contribution in [0.15, 0.2) is 18.2 Å². The van der Waals surface area contributed by atoms with Crippen molar-refractivity contribution in [3.05, 3.63) is 34.9 Å². The second kappa shape index (κ2) is 6.01. The highest BCUT2D eigenvalue weighted by molar-refractivity contribution is 5.73. The SMILES string of the molecule is Cc1cccc(C(C)C(C)CC(N)C(=O)O)c1C. The number of aliphatic carboxylic acids is 1. The van der Waals surface area contributed by atoms with Crippen molar-refractivity contribution in [1.29, 1.82) is 0 Å². The predicted molar refractivity (Wildman–Crippen MR) is 73.7 cm³/mol. The van der Waals surface area contributed by atoms with Crippen molar-refractivity contribution in [3.8, 4) is 0 Å². The molecule has 0 aliphatic rings. The Morgan fingerprint density at radius 2 is 1.94 bits per heavy atom. The zero-order chi connectivity index (χ0) is 13.9. The molecule has 0 aliphatic carbocycles. The van der Waals surface area contributed by atoms with Gasteiger partial charge in [-0.2, -0.15) is 0 Å². The first-order chi connectivity index (χ1) is 8.34. The fraction of sp³-hybridized carbons (Fsp3) is 0.533. The van der Waals surface area contributed by atoms with Crippen molar-refractivity contribution in [3.63, 3.8) is 0 Å². The summed E-state index contributed by atoms with van der Waals surface area (Å²) >= 11 is 0. The second-order valence-electron chi connectivity index (χ2n) is 5.24. The predicted octanol–water partition coefficient (Wildman–Crippen LogP) is 2.85. The summed E-state index contributed by atoms with van der Waals surface area (Å²) in [6.07, 6.45) is 0.504. The van der Waals surface area contributed by atoms with Gasteiger partial charge in [-0.25, -0.2) is 0 Å². The van der Waals surface area contributed by atoms with Gasteiger partial charge in [-0.1, -0.05) is 32.0 Å². The van der Waals surface area contributed by atoms with Crippen molar-refractivity contribution in [2.45, 2.75) is 46.1 Å². The van der Waals surface area contributed by atoms with Crippen LogP contribution in [0.3, 0.4) is 0 Å². The summed E-state index contributed by atoms with van der Waals surface area (Å²) in [5.41, 5.74) is 9.46. The van der Waals surface area contributed by atoms with Gasteiger partial charge in [0.05, 0.1) is 0 Å². The molecule has 100 valence electrons. The first kappa shape index (κ1) is 14.7. The Hall–Kier alpha value is -1.35. The average molecular weight is 249 g/mol. The number of carboxylic acid groups (broad SMARTS) is 1. The van der Waals surface area contributed by atoms with Crippen LogP contribution >= 0.6 is 0 Å². The first-order valence-corrected chi connectivity index (χ1v) is 6.39. The third-order valence-electron chi connectivity index (χ3n) is 3.93. The van der Waals surface area contributed by atoms with Crippen LogP contribution < -0.4 is 5.73 Å². The normalized spacial score (nSPS) is 16.1. The van der Waals surface area contributed by atoms with Crippen LogP contribution in [0, 0.1) is 19.8 Å². The molecule has 3 atom stereocenters. The van der Waals surface area contributed by atoms with E-state index < -0.39 is 12.0 Å². The lowest BCUT2D eigenvalue weighted by Gasteiger charge is -2.24. The molecule has 1 rings (SSSR count). The molecule has 0 aromatic heterocycles. The number of nitrogens with two attached hydrogens (primary N) is 1. The summed E-state index contributed by atoms with van der Waals surface area (Å²) in [6.45, 7) is 8.42. The maximum absolute atomic E-state index is 10.8. The first-order valence-electron chi connectivity index (χ1n) is 6.39. The van der Waals surface area contributed by atoms with E-state index in [0.29, 0.717) is 12.3 Å². The molecule has 3 nitrogen and oxygen atoms in total. The Kier molecular flexibility index (Phi) is 4.91. The zero-order valence-electron chi connectivity index (χ0n) is 11.6. The molecule has 0 amide bonds. The van der Waals surface area contributed by atoms with E-state index in [4.69, 9.17) is 10.8 Å². The van der Waals surface area contributed by atoms with E-state index >= 15 is 0 Å². The van der Waals surface area contributed by atoms with Crippen LogP contribution in [0.1, 0.15) is 42.9 Å². The summed E-state index contributed by atoms with van der Waals surface area (Å²) in [7, 11) is 0. The summed E-state index contributed by atoms with van der Waals surface area (Å²) in [4.78, 5) is 10.8. The van der Waals surface area contributed by atoms with Gasteiger partial charge in [0.2, 0.25) is 0 Å². The highest BCUT2D eigenvalue weighted by Gasteiger charge is 2.22. The Balaban J connectivity index is 2.83. The number of hydrogen-bond donors (Lipinski definition) is 2. The number of carboxylic acids is 1. The molecular formula is C15H23NO2. The van der Waals surface area contributed by atoms with E-state index in [1.807, 2.05) is 0 Å². The van der Waals surface area contributed by atoms with Gasteiger partial charge in [0.15, 0.2) is 0 Å². The topological polar surface area (TPSA) is 63.3 Å². The van der Waals surface area contributed by atoms with Crippen molar-refractivity contribution >= 4 is 5.97 Å². The van der Waals surface area contributed by atoms with Crippen molar-refractivity contribution in [1.82, 2.24) is 0 Å². The number of benzene rings is 1. The van der Waals surface area contributed by atoms with Gasteiger partial charge in [-0.05, 0) is 48.8 Å². The van der Waals surface area contributed by atoms with Crippen LogP contribution in [0.25, 0.3) is 0 Å². The van der Waals surface area contributed by atoms with E-state index in [0.717, 1.165) is 0 Å². The summed E-state index contributed by atoms with van der Waals surface area (Å²) in [5, 5.41) is 8.86. The van der Waals surface area contributed by atoms with E-state index in [9.17, 15) is 4.79 Å². The van der Waals surface area contributed by atoms with Gasteiger partial charge >= 0.3 is 5.97 Å². The highest BCUT2D eigenvalue weighted by Crippen LogP contribution is 2.30. The fourth-order valence-electron chi connectivity index (χ4n) is 2.28. The summed E-state index contributed by atoms with van der Waals surface area (Å²) < 4.78 is 0. The molecule has 0 saturated carbocycles. The van der Waals surface area contributed by atoms with E-state index in [1.165, 1.54) is 16.7 Å². The molecule has 0 spiro atoms. The minimum atomic E-state index is -0.921. The van der Waals surface area contributed by atoms with Gasteiger partial charge in [0.1, 0.15) is 6.04 Å². The van der Waals surface area contributed by atoms with Gasteiger partial charge in [0.25, 0.3) is 0 Å². The van der Waals surface area contributed by atoms with E-state index in [-0.39, 0.29) is 5.92 Å². The van der Waals surface area contributed by atoms with Crippen LogP contribution in [0.4, 0.5) is 0 Å². The zero-order valence-corrected chi connectivity index (χ0v) is 11.6. The lowest BCUT2D eigenvalue weighted by molar-refractivity contribution is -0.138. The number of aryl methyl sites for hydroxylation is 1. The smallest absolute Gasteiger partial charge is 0.320 e. The lowest BCUT2D eigenvalue weighted by atomic mass is 9.82. The number of hydrogen-bond acceptors (Lipinski definition) is 2. The Morgan fingerprint density at radius 1 is 1.33 bits per heavy atom.